The molecule has 0 aliphatic heterocycles. The maximum absolute atomic E-state index is 13.8. The molecule has 2 aromatic rings. The lowest BCUT2D eigenvalue weighted by Gasteiger charge is -2.05. The Morgan fingerprint density at radius 2 is 2.26 bits per heavy atom. The number of nitrogens with two attached hydrogens (primary N) is 1. The molecule has 0 atom stereocenters. The smallest absolute Gasteiger partial charge is 0.170 e. The van der Waals surface area contributed by atoms with E-state index in [9.17, 15) is 4.39 Å². The molecule has 0 saturated carbocycles. The van der Waals surface area contributed by atoms with Crippen molar-refractivity contribution in [1.82, 2.24) is 9.97 Å². The first-order valence-corrected chi connectivity index (χ1v) is 6.34. The van der Waals surface area contributed by atoms with Crippen LogP contribution in [0.5, 0.6) is 0 Å². The van der Waals surface area contributed by atoms with Crippen molar-refractivity contribution in [2.75, 3.05) is 0 Å². The lowest BCUT2D eigenvalue weighted by Crippen LogP contribution is -2.13. The largest absolute Gasteiger partial charge is 0.409 e. The van der Waals surface area contributed by atoms with Crippen LogP contribution in [0, 0.1) is 5.82 Å². The van der Waals surface area contributed by atoms with E-state index in [-0.39, 0.29) is 5.84 Å². The van der Waals surface area contributed by atoms with Crippen molar-refractivity contribution >= 4 is 17.6 Å². The van der Waals surface area contributed by atoms with E-state index in [1.54, 1.807) is 30.7 Å². The molecule has 0 amide bonds. The van der Waals surface area contributed by atoms with Crippen LogP contribution in [-0.4, -0.2) is 21.0 Å². The number of thioether (sulfide) groups is 1. The van der Waals surface area contributed by atoms with Gasteiger partial charge in [0.2, 0.25) is 0 Å². The van der Waals surface area contributed by atoms with Crippen molar-refractivity contribution in [3.8, 4) is 0 Å². The van der Waals surface area contributed by atoms with Crippen LogP contribution in [-0.2, 0) is 5.75 Å². The van der Waals surface area contributed by atoms with Gasteiger partial charge in [0.25, 0.3) is 0 Å². The number of benzene rings is 1. The second kappa shape index (κ2) is 6.14. The molecule has 1 aromatic heterocycles. The highest BCUT2D eigenvalue weighted by Crippen LogP contribution is 2.22. The quantitative estimate of drug-likeness (QED) is 0.294. The first-order chi connectivity index (χ1) is 9.20. The van der Waals surface area contributed by atoms with Gasteiger partial charge in [-0.25, -0.2) is 9.37 Å². The summed E-state index contributed by atoms with van der Waals surface area (Å²) in [5.41, 5.74) is 6.25. The maximum atomic E-state index is 13.8. The van der Waals surface area contributed by atoms with E-state index in [1.165, 1.54) is 17.8 Å². The predicted molar refractivity (Wildman–Crippen MR) is 70.5 cm³/mol. The summed E-state index contributed by atoms with van der Waals surface area (Å²) >= 11 is 1.38. The molecular weight excluding hydrogens is 267 g/mol. The van der Waals surface area contributed by atoms with Crippen LogP contribution in [0.3, 0.4) is 0 Å². The SMILES string of the molecule is N/C(=N/O)c1ccc(CSc2cnccn2)c(F)c1. The molecule has 0 bridgehead atoms. The Balaban J connectivity index is 2.10. The summed E-state index contributed by atoms with van der Waals surface area (Å²) in [6.07, 6.45) is 4.78. The van der Waals surface area contributed by atoms with Gasteiger partial charge in [-0.3, -0.25) is 4.98 Å². The molecule has 0 aliphatic carbocycles. The third-order valence-corrected chi connectivity index (χ3v) is 3.33. The van der Waals surface area contributed by atoms with Gasteiger partial charge < -0.3 is 10.9 Å². The first-order valence-electron chi connectivity index (χ1n) is 5.36. The third-order valence-electron chi connectivity index (χ3n) is 2.37. The molecule has 2 rings (SSSR count). The minimum atomic E-state index is -0.402. The average Bonchev–Trinajstić information content (AvgIpc) is 2.46. The van der Waals surface area contributed by atoms with Crippen LogP contribution in [0.25, 0.3) is 0 Å². The molecule has 0 radical (unpaired) electrons. The number of hydrogen-bond donors (Lipinski definition) is 2. The number of oxime groups is 1. The van der Waals surface area contributed by atoms with Gasteiger partial charge in [-0.2, -0.15) is 0 Å². The van der Waals surface area contributed by atoms with E-state index in [0.29, 0.717) is 16.9 Å². The molecule has 0 spiro atoms. The molecule has 0 saturated heterocycles. The Bertz CT molecular complexity index is 592. The van der Waals surface area contributed by atoms with Crippen molar-refractivity contribution in [2.24, 2.45) is 10.9 Å². The van der Waals surface area contributed by atoms with Crippen LogP contribution in [0.15, 0.2) is 47.0 Å². The topological polar surface area (TPSA) is 84.4 Å². The zero-order valence-corrected chi connectivity index (χ0v) is 10.6. The van der Waals surface area contributed by atoms with E-state index < -0.39 is 5.82 Å². The van der Waals surface area contributed by atoms with Crippen molar-refractivity contribution < 1.29 is 9.60 Å². The summed E-state index contributed by atoms with van der Waals surface area (Å²) in [5, 5.41) is 12.1. The fraction of sp³-hybridized carbons (Fsp3) is 0.0833. The lowest BCUT2D eigenvalue weighted by atomic mass is 10.1. The highest BCUT2D eigenvalue weighted by atomic mass is 32.2. The zero-order valence-electron chi connectivity index (χ0n) is 9.82. The summed E-state index contributed by atoms with van der Waals surface area (Å²) in [6, 6.07) is 4.44. The molecule has 98 valence electrons. The van der Waals surface area contributed by atoms with E-state index in [0.717, 1.165) is 5.03 Å². The normalized spacial score (nSPS) is 11.5. The predicted octanol–water partition coefficient (Wildman–Crippen LogP) is 2.00. The van der Waals surface area contributed by atoms with Gasteiger partial charge in [-0.1, -0.05) is 29.1 Å². The highest BCUT2D eigenvalue weighted by molar-refractivity contribution is 7.98. The van der Waals surface area contributed by atoms with Gasteiger partial charge in [0, 0.05) is 23.7 Å². The average molecular weight is 278 g/mol. The van der Waals surface area contributed by atoms with E-state index in [2.05, 4.69) is 15.1 Å². The Hall–Kier alpha value is -2.15. The standard InChI is InChI=1S/C12H11FN4OS/c13-10-5-8(12(14)17-18)1-2-9(10)7-19-11-6-15-3-4-16-11/h1-6,18H,7H2,(H2,14,17). The number of hydrogen-bond acceptors (Lipinski definition) is 5. The minimum Gasteiger partial charge on any atom is -0.409 e. The van der Waals surface area contributed by atoms with E-state index in [4.69, 9.17) is 10.9 Å². The van der Waals surface area contributed by atoms with Gasteiger partial charge in [-0.15, -0.1) is 0 Å². The third kappa shape index (κ3) is 3.41. The van der Waals surface area contributed by atoms with Gasteiger partial charge in [-0.05, 0) is 11.6 Å². The highest BCUT2D eigenvalue weighted by Gasteiger charge is 2.07. The summed E-state index contributed by atoms with van der Waals surface area (Å²) in [4.78, 5) is 8.02. The minimum absolute atomic E-state index is 0.118. The van der Waals surface area contributed by atoms with E-state index >= 15 is 0 Å². The first kappa shape index (κ1) is 13.3. The Morgan fingerprint density at radius 1 is 1.42 bits per heavy atom. The second-order valence-electron chi connectivity index (χ2n) is 3.62. The summed E-state index contributed by atoms with van der Waals surface area (Å²) in [6.45, 7) is 0. The van der Waals surface area contributed by atoms with Crippen LogP contribution in [0.4, 0.5) is 4.39 Å². The Labute approximate surface area is 113 Å². The summed E-state index contributed by atoms with van der Waals surface area (Å²) in [7, 11) is 0. The van der Waals surface area contributed by atoms with Crippen LogP contribution >= 0.6 is 11.8 Å². The van der Waals surface area contributed by atoms with E-state index in [1.807, 2.05) is 0 Å². The molecule has 3 N–H and O–H groups in total. The summed E-state index contributed by atoms with van der Waals surface area (Å²) in [5.74, 6) is -0.0893. The molecule has 1 heterocycles. The molecule has 0 fully saturated rings. The number of nitrogens with zero attached hydrogens (tertiary/aromatic N) is 3. The molecule has 0 unspecified atom stereocenters. The van der Waals surface area contributed by atoms with Gasteiger partial charge in [0.15, 0.2) is 5.84 Å². The summed E-state index contributed by atoms with van der Waals surface area (Å²) < 4.78 is 13.8. The monoisotopic (exact) mass is 278 g/mol. The van der Waals surface area contributed by atoms with Crippen LogP contribution in [0.1, 0.15) is 11.1 Å². The van der Waals surface area contributed by atoms with Gasteiger partial charge >= 0.3 is 0 Å². The molecule has 7 heteroatoms. The number of halogens is 1. The number of rotatable bonds is 4. The van der Waals surface area contributed by atoms with Crippen molar-refractivity contribution in [3.63, 3.8) is 0 Å². The molecule has 1 aromatic carbocycles. The molecule has 5 nitrogen and oxygen atoms in total. The van der Waals surface area contributed by atoms with Crippen molar-refractivity contribution in [2.45, 2.75) is 10.8 Å². The van der Waals surface area contributed by atoms with Crippen LogP contribution in [0.2, 0.25) is 0 Å². The van der Waals surface area contributed by atoms with Crippen LogP contribution < -0.4 is 5.73 Å². The lowest BCUT2D eigenvalue weighted by molar-refractivity contribution is 0.318. The Kier molecular flexibility index (Phi) is 4.30. The fourth-order valence-corrected chi connectivity index (χ4v) is 2.20. The molecule has 19 heavy (non-hydrogen) atoms. The molecular formula is C12H11FN4OS. The number of aromatic nitrogens is 2. The number of amidine groups is 1. The molecule has 0 aliphatic rings. The zero-order chi connectivity index (χ0) is 13.7. The van der Waals surface area contributed by atoms with Gasteiger partial charge in [0.1, 0.15) is 10.8 Å². The van der Waals surface area contributed by atoms with Crippen molar-refractivity contribution in [1.29, 1.82) is 0 Å². The van der Waals surface area contributed by atoms with Crippen molar-refractivity contribution in [3.05, 3.63) is 53.7 Å². The fourth-order valence-electron chi connectivity index (χ4n) is 1.39. The van der Waals surface area contributed by atoms with Gasteiger partial charge in [0.05, 0.1) is 6.20 Å². The maximum Gasteiger partial charge on any atom is 0.170 e. The second-order valence-corrected chi connectivity index (χ2v) is 4.62. The Morgan fingerprint density at radius 3 is 2.89 bits per heavy atom.